The van der Waals surface area contributed by atoms with E-state index in [1.807, 2.05) is 102 Å². The molecule has 0 radical (unpaired) electrons. The summed E-state index contributed by atoms with van der Waals surface area (Å²) in [5.74, 6) is 0.226. The molecule has 1 heterocycles. The first-order chi connectivity index (χ1) is 16.7. The summed E-state index contributed by atoms with van der Waals surface area (Å²) in [5.41, 5.74) is 3.61. The second-order valence-corrected chi connectivity index (χ2v) is 8.52. The molecule has 1 aliphatic rings. The lowest BCUT2D eigenvalue weighted by Crippen LogP contribution is -2.38. The molecule has 170 valence electrons. The highest BCUT2D eigenvalue weighted by Crippen LogP contribution is 2.31. The Balaban J connectivity index is 1.39. The van der Waals surface area contributed by atoms with Gasteiger partial charge in [-0.25, -0.2) is 4.98 Å². The first kappa shape index (κ1) is 21.6. The van der Waals surface area contributed by atoms with Crippen LogP contribution in [0.2, 0.25) is 0 Å². The molecular weight excluding hydrogens is 424 g/mol. The van der Waals surface area contributed by atoms with Crippen LogP contribution in [0.3, 0.4) is 0 Å². The summed E-state index contributed by atoms with van der Waals surface area (Å²) in [4.78, 5) is 32.4. The minimum atomic E-state index is -0.271. The molecular formula is C28H26N4O2. The molecule has 0 atom stereocenters. The van der Waals surface area contributed by atoms with Crippen LogP contribution >= 0.6 is 0 Å². The van der Waals surface area contributed by atoms with Gasteiger partial charge in [0.2, 0.25) is 17.8 Å². The van der Waals surface area contributed by atoms with Gasteiger partial charge in [0.15, 0.2) is 0 Å². The summed E-state index contributed by atoms with van der Waals surface area (Å²) >= 11 is 0. The van der Waals surface area contributed by atoms with Crippen molar-refractivity contribution in [3.8, 4) is 16.9 Å². The number of carbonyl (C=O) groups is 2. The van der Waals surface area contributed by atoms with E-state index in [4.69, 9.17) is 4.98 Å². The summed E-state index contributed by atoms with van der Waals surface area (Å²) in [5, 5.41) is 2.95. The number of hydrogen-bond acceptors (Lipinski definition) is 3. The van der Waals surface area contributed by atoms with Gasteiger partial charge < -0.3 is 4.90 Å². The molecule has 6 heteroatoms. The van der Waals surface area contributed by atoms with Gasteiger partial charge in [0.25, 0.3) is 0 Å². The lowest BCUT2D eigenvalue weighted by Gasteiger charge is -2.22. The van der Waals surface area contributed by atoms with Crippen molar-refractivity contribution in [2.24, 2.45) is 5.92 Å². The Bertz CT molecular complexity index is 1270. The Morgan fingerprint density at radius 1 is 0.882 bits per heavy atom. The molecule has 1 aromatic heterocycles. The average molecular weight is 451 g/mol. The molecule has 4 aromatic rings. The number of rotatable bonds is 8. The molecule has 5 rings (SSSR count). The molecule has 0 unspecified atom stereocenters. The van der Waals surface area contributed by atoms with Crippen LogP contribution in [0.4, 0.5) is 5.95 Å². The van der Waals surface area contributed by atoms with E-state index in [1.165, 1.54) is 0 Å². The smallest absolute Gasteiger partial charge is 0.246 e. The predicted octanol–water partition coefficient (Wildman–Crippen LogP) is 4.92. The van der Waals surface area contributed by atoms with Gasteiger partial charge in [0, 0.05) is 29.9 Å². The minimum absolute atomic E-state index is 0.0213. The average Bonchev–Trinajstić information content (AvgIpc) is 3.65. The van der Waals surface area contributed by atoms with Gasteiger partial charge in [-0.3, -0.25) is 19.5 Å². The molecule has 0 aliphatic heterocycles. The van der Waals surface area contributed by atoms with Gasteiger partial charge in [0.05, 0.1) is 5.69 Å². The number of aromatic nitrogens is 2. The first-order valence-electron chi connectivity index (χ1n) is 11.5. The molecule has 0 saturated heterocycles. The van der Waals surface area contributed by atoms with Crippen LogP contribution in [-0.2, 0) is 16.1 Å². The van der Waals surface area contributed by atoms with Crippen LogP contribution in [0.25, 0.3) is 16.9 Å². The zero-order valence-corrected chi connectivity index (χ0v) is 18.8. The molecule has 3 aromatic carbocycles. The molecule has 2 amide bonds. The predicted molar refractivity (Wildman–Crippen MR) is 132 cm³/mol. The Hall–Kier alpha value is -4.19. The number of para-hydroxylation sites is 1. The lowest BCUT2D eigenvalue weighted by molar-refractivity contribution is -0.136. The SMILES string of the molecule is O=C(CN(Cc1ccccc1)C(=O)C1CC1)Nc1nc(-c2ccccc2)cn1-c1ccccc1. The Kier molecular flexibility index (Phi) is 6.21. The zero-order chi connectivity index (χ0) is 23.3. The molecule has 0 spiro atoms. The highest BCUT2D eigenvalue weighted by Gasteiger charge is 2.34. The van der Waals surface area contributed by atoms with Crippen molar-refractivity contribution in [1.29, 1.82) is 0 Å². The normalized spacial score (nSPS) is 12.8. The van der Waals surface area contributed by atoms with Gasteiger partial charge in [-0.1, -0.05) is 78.9 Å². The maximum Gasteiger partial charge on any atom is 0.246 e. The maximum absolute atomic E-state index is 13.1. The van der Waals surface area contributed by atoms with E-state index in [9.17, 15) is 9.59 Å². The molecule has 1 fully saturated rings. The molecule has 6 nitrogen and oxygen atoms in total. The topological polar surface area (TPSA) is 67.2 Å². The van der Waals surface area contributed by atoms with Crippen LogP contribution in [0.1, 0.15) is 18.4 Å². The Labute approximate surface area is 198 Å². The van der Waals surface area contributed by atoms with Crippen molar-refractivity contribution in [3.63, 3.8) is 0 Å². The van der Waals surface area contributed by atoms with Crippen molar-refractivity contribution in [2.75, 3.05) is 11.9 Å². The summed E-state index contributed by atoms with van der Waals surface area (Å²) < 4.78 is 1.87. The van der Waals surface area contributed by atoms with Crippen LogP contribution in [0, 0.1) is 5.92 Å². The third-order valence-electron chi connectivity index (χ3n) is 5.85. The number of carbonyl (C=O) groups excluding carboxylic acids is 2. The molecule has 0 bridgehead atoms. The van der Waals surface area contributed by atoms with Crippen molar-refractivity contribution < 1.29 is 9.59 Å². The van der Waals surface area contributed by atoms with Gasteiger partial charge in [0.1, 0.15) is 6.54 Å². The summed E-state index contributed by atoms with van der Waals surface area (Å²) in [6.07, 6.45) is 3.70. The van der Waals surface area contributed by atoms with Gasteiger partial charge >= 0.3 is 0 Å². The number of amides is 2. The number of anilines is 1. The third kappa shape index (κ3) is 5.07. The standard InChI is InChI=1S/C28H26N4O2/c33-26(20-31(27(34)23-16-17-23)18-21-10-4-1-5-11-21)30-28-29-25(22-12-6-2-7-13-22)19-32(28)24-14-8-3-9-15-24/h1-15,19,23H,16-18,20H2,(H,29,30,33). The van der Waals surface area contributed by atoms with Crippen LogP contribution < -0.4 is 5.32 Å². The molecule has 1 saturated carbocycles. The van der Waals surface area contributed by atoms with Crippen molar-refractivity contribution >= 4 is 17.8 Å². The first-order valence-corrected chi connectivity index (χ1v) is 11.5. The number of benzene rings is 3. The summed E-state index contributed by atoms with van der Waals surface area (Å²) in [6, 6.07) is 29.4. The zero-order valence-electron chi connectivity index (χ0n) is 18.8. The van der Waals surface area contributed by atoms with E-state index in [0.717, 1.165) is 35.3 Å². The second-order valence-electron chi connectivity index (χ2n) is 8.52. The van der Waals surface area contributed by atoms with Crippen molar-refractivity contribution in [3.05, 3.63) is 103 Å². The Morgan fingerprint density at radius 3 is 2.15 bits per heavy atom. The van der Waals surface area contributed by atoms with Crippen LogP contribution in [0.5, 0.6) is 0 Å². The monoisotopic (exact) mass is 450 g/mol. The fraction of sp³-hybridized carbons (Fsp3) is 0.179. The summed E-state index contributed by atoms with van der Waals surface area (Å²) in [6.45, 7) is 0.387. The van der Waals surface area contributed by atoms with E-state index < -0.39 is 0 Å². The molecule has 34 heavy (non-hydrogen) atoms. The number of imidazole rings is 1. The van der Waals surface area contributed by atoms with Crippen LogP contribution in [0.15, 0.2) is 97.2 Å². The Morgan fingerprint density at radius 2 is 1.50 bits per heavy atom. The van der Waals surface area contributed by atoms with Crippen molar-refractivity contribution in [1.82, 2.24) is 14.5 Å². The largest absolute Gasteiger partial charge is 0.329 e. The highest BCUT2D eigenvalue weighted by molar-refractivity contribution is 5.94. The third-order valence-corrected chi connectivity index (χ3v) is 5.85. The maximum atomic E-state index is 13.1. The van der Waals surface area contributed by atoms with Gasteiger partial charge in [-0.2, -0.15) is 0 Å². The van der Waals surface area contributed by atoms with Crippen molar-refractivity contribution in [2.45, 2.75) is 19.4 Å². The van der Waals surface area contributed by atoms with E-state index in [2.05, 4.69) is 5.32 Å². The highest BCUT2D eigenvalue weighted by atomic mass is 16.2. The quantitative estimate of drug-likeness (QED) is 0.414. The number of nitrogens with one attached hydrogen (secondary N) is 1. The fourth-order valence-electron chi connectivity index (χ4n) is 3.94. The lowest BCUT2D eigenvalue weighted by atomic mass is 10.2. The number of nitrogens with zero attached hydrogens (tertiary/aromatic N) is 3. The van der Waals surface area contributed by atoms with E-state index in [1.54, 1.807) is 4.90 Å². The fourth-order valence-corrected chi connectivity index (χ4v) is 3.94. The number of hydrogen-bond donors (Lipinski definition) is 1. The van der Waals surface area contributed by atoms with Gasteiger partial charge in [-0.15, -0.1) is 0 Å². The van der Waals surface area contributed by atoms with Gasteiger partial charge in [-0.05, 0) is 30.5 Å². The van der Waals surface area contributed by atoms with E-state index in [0.29, 0.717) is 12.5 Å². The van der Waals surface area contributed by atoms with E-state index in [-0.39, 0.29) is 24.3 Å². The second kappa shape index (κ2) is 9.75. The molecule has 1 N–H and O–H groups in total. The molecule has 1 aliphatic carbocycles. The van der Waals surface area contributed by atoms with E-state index >= 15 is 0 Å². The minimum Gasteiger partial charge on any atom is -0.329 e. The summed E-state index contributed by atoms with van der Waals surface area (Å²) in [7, 11) is 0. The van der Waals surface area contributed by atoms with Crippen LogP contribution in [-0.4, -0.2) is 32.8 Å².